The van der Waals surface area contributed by atoms with Crippen LogP contribution >= 0.6 is 0 Å². The molecule has 23 heavy (non-hydrogen) atoms. The van der Waals surface area contributed by atoms with Gasteiger partial charge in [-0.15, -0.1) is 0 Å². The van der Waals surface area contributed by atoms with Gasteiger partial charge in [0.15, 0.2) is 0 Å². The average Bonchev–Trinajstić information content (AvgIpc) is 2.55. The molecule has 1 heterocycles. The molecule has 2 unspecified atom stereocenters. The third-order valence-electron chi connectivity index (χ3n) is 5.64. The maximum atomic E-state index is 12.0. The molecule has 0 aromatic rings. The summed E-state index contributed by atoms with van der Waals surface area (Å²) in [5.41, 5.74) is 0. The smallest absolute Gasteiger partial charge is 0.266 e. The number of rotatable bonds is 7. The van der Waals surface area contributed by atoms with Crippen molar-refractivity contribution in [1.82, 2.24) is 0 Å². The quantitative estimate of drug-likeness (QED) is 0.485. The summed E-state index contributed by atoms with van der Waals surface area (Å²) in [5, 5.41) is 0. The van der Waals surface area contributed by atoms with Gasteiger partial charge in [0.05, 0.1) is 12.7 Å². The van der Waals surface area contributed by atoms with Gasteiger partial charge in [-0.25, -0.2) is 0 Å². The highest BCUT2D eigenvalue weighted by Gasteiger charge is 2.24. The van der Waals surface area contributed by atoms with E-state index in [4.69, 9.17) is 4.74 Å². The second kappa shape index (κ2) is 10.2. The molecule has 0 aromatic carbocycles. The Balaban J connectivity index is 1.56. The third-order valence-corrected chi connectivity index (χ3v) is 5.64. The summed E-state index contributed by atoms with van der Waals surface area (Å²) in [6, 6.07) is 0. The zero-order valence-electron chi connectivity index (χ0n) is 14.5. The van der Waals surface area contributed by atoms with E-state index in [1.807, 2.05) is 0 Å². The zero-order valence-corrected chi connectivity index (χ0v) is 14.5. The lowest BCUT2D eigenvalue weighted by Gasteiger charge is -2.31. The second-order valence-electron chi connectivity index (χ2n) is 7.38. The van der Waals surface area contributed by atoms with E-state index in [0.29, 0.717) is 18.4 Å². The Labute approximate surface area is 140 Å². The molecule has 0 bridgehead atoms. The van der Waals surface area contributed by atoms with Gasteiger partial charge in [-0.3, -0.25) is 0 Å². The van der Waals surface area contributed by atoms with Crippen molar-refractivity contribution in [2.45, 2.75) is 77.2 Å². The van der Waals surface area contributed by atoms with Crippen molar-refractivity contribution in [2.24, 2.45) is 17.8 Å². The monoisotopic (exact) mass is 326 g/mol. The van der Waals surface area contributed by atoms with Crippen molar-refractivity contribution in [3.63, 3.8) is 0 Å². The predicted octanol–water partition coefficient (Wildman–Crippen LogP) is 6.50. The molecule has 0 N–H and O–H groups in total. The number of hydrogen-bond donors (Lipinski definition) is 0. The van der Waals surface area contributed by atoms with Crippen LogP contribution in [0.25, 0.3) is 0 Å². The van der Waals surface area contributed by atoms with Gasteiger partial charge >= 0.3 is 0 Å². The third kappa shape index (κ3) is 7.15. The minimum atomic E-state index is -1.52. The van der Waals surface area contributed by atoms with E-state index in [9.17, 15) is 8.78 Å². The van der Waals surface area contributed by atoms with Crippen molar-refractivity contribution < 1.29 is 13.5 Å². The maximum absolute atomic E-state index is 12.0. The van der Waals surface area contributed by atoms with Crippen molar-refractivity contribution in [2.75, 3.05) is 6.61 Å². The van der Waals surface area contributed by atoms with Crippen LogP contribution in [0.15, 0.2) is 24.3 Å². The van der Waals surface area contributed by atoms with Crippen LogP contribution in [0.1, 0.15) is 71.1 Å². The topological polar surface area (TPSA) is 9.23 Å². The predicted molar refractivity (Wildman–Crippen MR) is 91.5 cm³/mol. The molecule has 2 aliphatic rings. The minimum absolute atomic E-state index is 0.342. The van der Waals surface area contributed by atoms with Crippen molar-refractivity contribution in [3.05, 3.63) is 24.3 Å². The molecular weight excluding hydrogens is 294 g/mol. The summed E-state index contributed by atoms with van der Waals surface area (Å²) >= 11 is 0. The molecule has 1 aliphatic heterocycles. The van der Waals surface area contributed by atoms with E-state index in [1.165, 1.54) is 51.4 Å². The summed E-state index contributed by atoms with van der Waals surface area (Å²) in [7, 11) is 0. The van der Waals surface area contributed by atoms with E-state index in [-0.39, 0.29) is 0 Å². The van der Waals surface area contributed by atoms with Crippen molar-refractivity contribution >= 4 is 0 Å². The summed E-state index contributed by atoms with van der Waals surface area (Å²) in [6.07, 6.45) is 15.8. The van der Waals surface area contributed by atoms with Gasteiger partial charge in [0.1, 0.15) is 0 Å². The minimum Gasteiger partial charge on any atom is -0.374 e. The lowest BCUT2D eigenvalue weighted by Crippen LogP contribution is -2.25. The normalized spacial score (nSPS) is 32.1. The first-order chi connectivity index (χ1) is 11.2. The maximum Gasteiger partial charge on any atom is 0.266 e. The Hall–Kier alpha value is -0.700. The standard InChI is InChI=1S/C20H32F2O/c1-2-4-19-14-13-18(15-23-19)12-11-17-9-7-16(8-10-17)5-3-6-20(21)22/h2,4,6,16-19H,3,5,7-15H2,1H3. The number of hydrogen-bond acceptors (Lipinski definition) is 1. The Morgan fingerprint density at radius 2 is 1.52 bits per heavy atom. The van der Waals surface area contributed by atoms with Crippen LogP contribution in [0, 0.1) is 17.8 Å². The molecule has 0 spiro atoms. The zero-order chi connectivity index (χ0) is 16.5. The van der Waals surface area contributed by atoms with E-state index in [0.717, 1.165) is 30.9 Å². The molecule has 3 heteroatoms. The Bertz CT molecular complexity index is 371. The summed E-state index contributed by atoms with van der Waals surface area (Å²) in [5.74, 6) is 2.27. The van der Waals surface area contributed by atoms with E-state index in [1.54, 1.807) is 0 Å². The summed E-state index contributed by atoms with van der Waals surface area (Å²) < 4.78 is 30.0. The highest BCUT2D eigenvalue weighted by Crippen LogP contribution is 2.35. The van der Waals surface area contributed by atoms with Gasteiger partial charge in [-0.05, 0) is 62.9 Å². The van der Waals surface area contributed by atoms with E-state index < -0.39 is 6.08 Å². The fraction of sp³-hybridized carbons (Fsp3) is 0.800. The Morgan fingerprint density at radius 3 is 2.09 bits per heavy atom. The van der Waals surface area contributed by atoms with Gasteiger partial charge in [0.25, 0.3) is 6.08 Å². The largest absolute Gasteiger partial charge is 0.374 e. The fourth-order valence-electron chi connectivity index (χ4n) is 4.13. The van der Waals surface area contributed by atoms with E-state index in [2.05, 4.69) is 19.1 Å². The number of allylic oxidation sites excluding steroid dienone is 2. The molecular formula is C20H32F2O. The first-order valence-electron chi connectivity index (χ1n) is 9.43. The van der Waals surface area contributed by atoms with Crippen molar-refractivity contribution in [3.8, 4) is 0 Å². The molecule has 1 saturated heterocycles. The molecule has 1 nitrogen and oxygen atoms in total. The molecule has 0 amide bonds. The van der Waals surface area contributed by atoms with Crippen LogP contribution in [0.4, 0.5) is 8.78 Å². The molecule has 0 aromatic heterocycles. The average molecular weight is 326 g/mol. The number of ether oxygens (including phenoxy) is 1. The van der Waals surface area contributed by atoms with Crippen LogP contribution in [0.3, 0.4) is 0 Å². The van der Waals surface area contributed by atoms with Gasteiger partial charge in [-0.1, -0.05) is 44.3 Å². The highest BCUT2D eigenvalue weighted by molar-refractivity contribution is 4.89. The van der Waals surface area contributed by atoms with Gasteiger partial charge in [-0.2, -0.15) is 8.78 Å². The van der Waals surface area contributed by atoms with Gasteiger partial charge in [0.2, 0.25) is 0 Å². The van der Waals surface area contributed by atoms with Crippen LogP contribution in [0.5, 0.6) is 0 Å². The van der Waals surface area contributed by atoms with Gasteiger partial charge < -0.3 is 4.74 Å². The van der Waals surface area contributed by atoms with Crippen LogP contribution in [-0.2, 0) is 4.74 Å². The molecule has 132 valence electrons. The van der Waals surface area contributed by atoms with Crippen molar-refractivity contribution in [1.29, 1.82) is 0 Å². The molecule has 2 atom stereocenters. The van der Waals surface area contributed by atoms with Crippen LogP contribution in [-0.4, -0.2) is 12.7 Å². The molecule has 1 saturated carbocycles. The first-order valence-corrected chi connectivity index (χ1v) is 9.43. The van der Waals surface area contributed by atoms with Crippen LogP contribution in [0.2, 0.25) is 0 Å². The van der Waals surface area contributed by atoms with Gasteiger partial charge in [0, 0.05) is 0 Å². The molecule has 2 fully saturated rings. The molecule has 0 radical (unpaired) electrons. The fourth-order valence-corrected chi connectivity index (χ4v) is 4.13. The lowest BCUT2D eigenvalue weighted by atomic mass is 9.77. The molecule has 2 rings (SSSR count). The first kappa shape index (κ1) is 18.6. The summed E-state index contributed by atoms with van der Waals surface area (Å²) in [6.45, 7) is 2.97. The van der Waals surface area contributed by atoms with E-state index >= 15 is 0 Å². The highest BCUT2D eigenvalue weighted by atomic mass is 19.3. The Kier molecular flexibility index (Phi) is 8.28. The lowest BCUT2D eigenvalue weighted by molar-refractivity contribution is 0.00607. The number of halogens is 2. The second-order valence-corrected chi connectivity index (χ2v) is 7.38. The molecule has 1 aliphatic carbocycles. The summed E-state index contributed by atoms with van der Waals surface area (Å²) in [4.78, 5) is 0. The SMILES string of the molecule is CC=CC1CCC(CCC2CCC(CCC=C(F)F)CC2)CO1. The van der Waals surface area contributed by atoms with Crippen LogP contribution < -0.4 is 0 Å². The Morgan fingerprint density at radius 1 is 0.913 bits per heavy atom.